The maximum Gasteiger partial charge on any atom is 0.356 e. The molecule has 9 heteroatoms. The third kappa shape index (κ3) is 6.96. The Kier molecular flexibility index (Phi) is 8.90. The first kappa shape index (κ1) is 30.7. The minimum Gasteiger partial charge on any atom is -0.511 e. The van der Waals surface area contributed by atoms with Crippen LogP contribution in [0, 0.1) is 12.8 Å². The van der Waals surface area contributed by atoms with Gasteiger partial charge < -0.3 is 14.0 Å². The SMILES string of the molecule is Cc1cc(SC2=C(O)CC(CCc3ccccc3)(C(C)C)OC2=O)c(C(C)(C)C)cc1OS(=O)(=O)c1ccccn1. The fraction of sp³-hybridized carbons (Fsp3) is 0.375. The molecule has 4 rings (SSSR count). The van der Waals surface area contributed by atoms with Crippen molar-refractivity contribution in [2.75, 3.05) is 0 Å². The smallest absolute Gasteiger partial charge is 0.356 e. The number of aromatic nitrogens is 1. The lowest BCUT2D eigenvalue weighted by Crippen LogP contribution is -2.44. The molecule has 1 aliphatic heterocycles. The number of hydrogen-bond acceptors (Lipinski definition) is 8. The highest BCUT2D eigenvalue weighted by Crippen LogP contribution is 2.46. The molecule has 2 heterocycles. The van der Waals surface area contributed by atoms with Crippen LogP contribution in [0.15, 0.2) is 87.4 Å². The maximum atomic E-state index is 13.4. The third-order valence-electron chi connectivity index (χ3n) is 7.33. The molecule has 0 bridgehead atoms. The summed E-state index contributed by atoms with van der Waals surface area (Å²) < 4.78 is 37.4. The van der Waals surface area contributed by atoms with Crippen LogP contribution in [0.1, 0.15) is 64.2 Å². The van der Waals surface area contributed by atoms with Gasteiger partial charge in [0.2, 0.25) is 0 Å². The zero-order valence-electron chi connectivity index (χ0n) is 24.3. The number of carbonyl (C=O) groups is 1. The number of nitrogens with zero attached hydrogens (tertiary/aromatic N) is 1. The van der Waals surface area contributed by atoms with E-state index < -0.39 is 27.1 Å². The number of benzene rings is 2. The molecule has 0 saturated carbocycles. The van der Waals surface area contributed by atoms with Crippen LogP contribution in [0.5, 0.6) is 5.75 Å². The number of aliphatic hydroxyl groups excluding tert-OH is 1. The van der Waals surface area contributed by atoms with Gasteiger partial charge in [-0.15, -0.1) is 0 Å². The second kappa shape index (κ2) is 11.9. The molecule has 0 spiro atoms. The molecule has 3 aromatic rings. The molecular formula is C32H37NO6S2. The lowest BCUT2D eigenvalue weighted by atomic mass is 9.80. The molecule has 0 saturated heterocycles. The monoisotopic (exact) mass is 595 g/mol. The number of thioether (sulfide) groups is 1. The Hall–Kier alpha value is -3.30. The highest BCUT2D eigenvalue weighted by atomic mass is 32.2. The summed E-state index contributed by atoms with van der Waals surface area (Å²) in [5.74, 6) is -0.387. The molecule has 1 unspecified atom stereocenters. The predicted octanol–water partition coefficient (Wildman–Crippen LogP) is 7.29. The van der Waals surface area contributed by atoms with E-state index in [-0.39, 0.29) is 33.8 Å². The summed E-state index contributed by atoms with van der Waals surface area (Å²) in [6.07, 6.45) is 2.92. The molecule has 41 heavy (non-hydrogen) atoms. The molecule has 1 aromatic heterocycles. The van der Waals surface area contributed by atoms with E-state index in [1.807, 2.05) is 65.0 Å². The minimum absolute atomic E-state index is 0.00332. The van der Waals surface area contributed by atoms with Crippen molar-refractivity contribution in [1.82, 2.24) is 4.98 Å². The first-order valence-corrected chi connectivity index (χ1v) is 15.8. The van der Waals surface area contributed by atoms with Crippen molar-refractivity contribution in [3.63, 3.8) is 0 Å². The van der Waals surface area contributed by atoms with Crippen LogP contribution >= 0.6 is 11.8 Å². The van der Waals surface area contributed by atoms with Crippen molar-refractivity contribution in [3.8, 4) is 5.75 Å². The Balaban J connectivity index is 1.65. The van der Waals surface area contributed by atoms with Crippen molar-refractivity contribution < 1.29 is 27.2 Å². The standard InChI is InChI=1S/C32H37NO6S2/c1-21(2)32(16-15-23-12-8-7-9-13-23)20-25(34)29(30(35)38-32)40-27-18-22(3)26(19-24(27)31(4,5)6)39-41(36,37)28-14-10-11-17-33-28/h7-14,17-19,21,34H,15-16,20H2,1-6H3. The van der Waals surface area contributed by atoms with Crippen molar-refractivity contribution >= 4 is 27.8 Å². The Morgan fingerprint density at radius 1 is 1.10 bits per heavy atom. The summed E-state index contributed by atoms with van der Waals surface area (Å²) >= 11 is 1.14. The van der Waals surface area contributed by atoms with Gasteiger partial charge in [0.15, 0.2) is 5.03 Å². The van der Waals surface area contributed by atoms with Crippen LogP contribution < -0.4 is 4.18 Å². The van der Waals surface area contributed by atoms with E-state index in [9.17, 15) is 18.3 Å². The quantitative estimate of drug-likeness (QED) is 0.203. The fourth-order valence-corrected chi connectivity index (χ4v) is 6.97. The molecule has 1 atom stereocenters. The molecule has 0 fully saturated rings. The number of aryl methyl sites for hydroxylation is 2. The van der Waals surface area contributed by atoms with Gasteiger partial charge in [0.25, 0.3) is 0 Å². The average Bonchev–Trinajstić information content (AvgIpc) is 2.91. The maximum absolute atomic E-state index is 13.4. The summed E-state index contributed by atoms with van der Waals surface area (Å²) in [4.78, 5) is 18.2. The van der Waals surface area contributed by atoms with Crippen LogP contribution in [-0.4, -0.2) is 30.1 Å². The number of hydrogen-bond donors (Lipinski definition) is 1. The normalized spacial score (nSPS) is 18.0. The topological polar surface area (TPSA) is 103 Å². The highest BCUT2D eigenvalue weighted by molar-refractivity contribution is 8.04. The van der Waals surface area contributed by atoms with Gasteiger partial charge in [-0.2, -0.15) is 8.42 Å². The van der Waals surface area contributed by atoms with Gasteiger partial charge in [0.1, 0.15) is 22.0 Å². The fourth-order valence-electron chi connectivity index (χ4n) is 4.79. The Labute approximate surface area is 247 Å². The molecule has 0 radical (unpaired) electrons. The van der Waals surface area contributed by atoms with Crippen LogP contribution in [0.3, 0.4) is 0 Å². The van der Waals surface area contributed by atoms with E-state index in [2.05, 4.69) is 4.98 Å². The van der Waals surface area contributed by atoms with Crippen molar-refractivity contribution in [1.29, 1.82) is 0 Å². The number of ether oxygens (including phenoxy) is 1. The van der Waals surface area contributed by atoms with E-state index in [1.54, 1.807) is 31.2 Å². The molecule has 2 aromatic carbocycles. The Bertz CT molecular complexity index is 1540. The molecule has 1 aliphatic rings. The first-order chi connectivity index (χ1) is 19.2. The van der Waals surface area contributed by atoms with Gasteiger partial charge >= 0.3 is 16.1 Å². The third-order valence-corrected chi connectivity index (χ3v) is 9.65. The number of cyclic esters (lactones) is 1. The number of rotatable bonds is 9. The first-order valence-electron chi connectivity index (χ1n) is 13.6. The Morgan fingerprint density at radius 2 is 1.78 bits per heavy atom. The van der Waals surface area contributed by atoms with E-state index >= 15 is 0 Å². The highest BCUT2D eigenvalue weighted by Gasteiger charge is 2.44. The molecule has 0 aliphatic carbocycles. The van der Waals surface area contributed by atoms with Crippen LogP contribution in [0.2, 0.25) is 0 Å². The largest absolute Gasteiger partial charge is 0.511 e. The van der Waals surface area contributed by atoms with Gasteiger partial charge in [-0.05, 0) is 72.1 Å². The van der Waals surface area contributed by atoms with Crippen LogP contribution in [-0.2, 0) is 31.5 Å². The lowest BCUT2D eigenvalue weighted by molar-refractivity contribution is -0.164. The molecular weight excluding hydrogens is 558 g/mol. The molecule has 0 amide bonds. The second-order valence-electron chi connectivity index (χ2n) is 11.7. The number of carbonyl (C=O) groups excluding carboxylic acids is 1. The lowest BCUT2D eigenvalue weighted by Gasteiger charge is -2.40. The second-order valence-corrected chi connectivity index (χ2v) is 14.3. The van der Waals surface area contributed by atoms with E-state index in [1.165, 1.54) is 12.3 Å². The summed E-state index contributed by atoms with van der Waals surface area (Å²) in [6.45, 7) is 11.7. The molecule has 218 valence electrons. The summed E-state index contributed by atoms with van der Waals surface area (Å²) in [5.41, 5.74) is 1.21. The van der Waals surface area contributed by atoms with Crippen molar-refractivity contribution in [2.24, 2.45) is 5.92 Å². The van der Waals surface area contributed by atoms with E-state index in [0.29, 0.717) is 16.9 Å². The molecule has 1 N–H and O–H groups in total. The van der Waals surface area contributed by atoms with E-state index in [4.69, 9.17) is 8.92 Å². The number of esters is 1. The number of pyridine rings is 1. The summed E-state index contributed by atoms with van der Waals surface area (Å²) in [6, 6.07) is 18.1. The zero-order valence-corrected chi connectivity index (χ0v) is 25.9. The minimum atomic E-state index is -4.14. The van der Waals surface area contributed by atoms with Gasteiger partial charge in [0.05, 0.1) is 0 Å². The molecule has 7 nitrogen and oxygen atoms in total. The average molecular weight is 596 g/mol. The van der Waals surface area contributed by atoms with Crippen molar-refractivity contribution in [3.05, 3.63) is 94.2 Å². The predicted molar refractivity (Wildman–Crippen MR) is 160 cm³/mol. The summed E-state index contributed by atoms with van der Waals surface area (Å²) in [7, 11) is -4.14. The van der Waals surface area contributed by atoms with Gasteiger partial charge in [-0.3, -0.25) is 0 Å². The van der Waals surface area contributed by atoms with Crippen LogP contribution in [0.25, 0.3) is 0 Å². The zero-order chi connectivity index (χ0) is 30.0. The van der Waals surface area contributed by atoms with Crippen LogP contribution in [0.4, 0.5) is 0 Å². The number of aliphatic hydroxyl groups is 1. The van der Waals surface area contributed by atoms with E-state index in [0.717, 1.165) is 29.3 Å². The van der Waals surface area contributed by atoms with Crippen molar-refractivity contribution in [2.45, 2.75) is 81.7 Å². The van der Waals surface area contributed by atoms with Gasteiger partial charge in [-0.1, -0.05) is 82.8 Å². The van der Waals surface area contributed by atoms with Gasteiger partial charge in [-0.25, -0.2) is 9.78 Å². The summed E-state index contributed by atoms with van der Waals surface area (Å²) in [5, 5.41) is 11.0. The van der Waals surface area contributed by atoms with Gasteiger partial charge in [0, 0.05) is 17.5 Å². The Morgan fingerprint density at radius 3 is 2.37 bits per heavy atom.